The number of aliphatic carboxylic acids is 1. The first kappa shape index (κ1) is 16.1. The van der Waals surface area contributed by atoms with Gasteiger partial charge in [0.25, 0.3) is 0 Å². The molecule has 1 aromatic carbocycles. The summed E-state index contributed by atoms with van der Waals surface area (Å²) in [6.07, 6.45) is -3.96. The topological polar surface area (TPSA) is 40.5 Å². The first-order valence-electron chi connectivity index (χ1n) is 6.43. The van der Waals surface area contributed by atoms with Crippen LogP contribution in [0.25, 0.3) is 0 Å². The number of benzene rings is 1. The number of halogens is 4. The Labute approximate surface area is 125 Å². The fourth-order valence-corrected chi connectivity index (χ4v) is 2.79. The van der Waals surface area contributed by atoms with Crippen molar-refractivity contribution in [3.63, 3.8) is 0 Å². The summed E-state index contributed by atoms with van der Waals surface area (Å²) in [5.74, 6) is -0.882. The van der Waals surface area contributed by atoms with Crippen molar-refractivity contribution in [3.8, 4) is 0 Å². The largest absolute Gasteiger partial charge is 0.481 e. The third-order valence-electron chi connectivity index (χ3n) is 3.76. The van der Waals surface area contributed by atoms with Gasteiger partial charge >= 0.3 is 12.1 Å². The van der Waals surface area contributed by atoms with Gasteiger partial charge in [0.1, 0.15) is 0 Å². The van der Waals surface area contributed by atoms with E-state index in [1.165, 1.54) is 6.07 Å². The summed E-state index contributed by atoms with van der Waals surface area (Å²) in [6, 6.07) is 3.42. The molecule has 7 heteroatoms. The van der Waals surface area contributed by atoms with E-state index in [1.807, 2.05) is 4.90 Å². The standard InChI is InChI=1S/C14H15ClF3NO2/c1-13(12(20)21)2-3-19(8-13)7-9-4-10(14(16,17)18)6-11(15)5-9/h4-6H,2-3,7-8H2,1H3,(H,20,21). The van der Waals surface area contributed by atoms with E-state index in [0.717, 1.165) is 12.1 Å². The maximum absolute atomic E-state index is 12.7. The molecule has 1 atom stereocenters. The lowest BCUT2D eigenvalue weighted by Gasteiger charge is -2.20. The first-order valence-corrected chi connectivity index (χ1v) is 6.80. The van der Waals surface area contributed by atoms with Crippen LogP contribution >= 0.6 is 11.6 Å². The lowest BCUT2D eigenvalue weighted by atomic mass is 9.90. The van der Waals surface area contributed by atoms with Crippen molar-refractivity contribution >= 4 is 17.6 Å². The van der Waals surface area contributed by atoms with E-state index >= 15 is 0 Å². The Balaban J connectivity index is 2.15. The molecular formula is C14H15ClF3NO2. The van der Waals surface area contributed by atoms with Gasteiger partial charge in [-0.15, -0.1) is 0 Å². The van der Waals surface area contributed by atoms with Crippen LogP contribution in [0.2, 0.25) is 5.02 Å². The number of likely N-dealkylation sites (tertiary alicyclic amines) is 1. The summed E-state index contributed by atoms with van der Waals surface area (Å²) in [6.45, 7) is 2.76. The molecule has 0 bridgehead atoms. The Morgan fingerprint density at radius 3 is 2.62 bits per heavy atom. The van der Waals surface area contributed by atoms with Crippen LogP contribution in [0.4, 0.5) is 13.2 Å². The zero-order valence-corrected chi connectivity index (χ0v) is 12.1. The molecule has 0 amide bonds. The van der Waals surface area contributed by atoms with Crippen LogP contribution in [0.3, 0.4) is 0 Å². The predicted octanol–water partition coefficient (Wildman–Crippen LogP) is 3.66. The summed E-state index contributed by atoms with van der Waals surface area (Å²) in [5.41, 5.74) is -1.19. The fraction of sp³-hybridized carbons (Fsp3) is 0.500. The number of carboxylic acids is 1. The van der Waals surface area contributed by atoms with E-state index in [4.69, 9.17) is 16.7 Å². The van der Waals surface area contributed by atoms with Crippen molar-refractivity contribution in [2.24, 2.45) is 5.41 Å². The number of rotatable bonds is 3. The lowest BCUT2D eigenvalue weighted by molar-refractivity contribution is -0.147. The lowest BCUT2D eigenvalue weighted by Crippen LogP contribution is -2.31. The molecule has 1 aliphatic heterocycles. The number of carbonyl (C=O) groups is 1. The second-order valence-electron chi connectivity index (χ2n) is 5.67. The number of carboxylic acid groups (broad SMARTS) is 1. The highest BCUT2D eigenvalue weighted by Gasteiger charge is 2.40. The van der Waals surface area contributed by atoms with Crippen molar-refractivity contribution in [1.29, 1.82) is 0 Å². The SMILES string of the molecule is CC1(C(=O)O)CCN(Cc2cc(Cl)cc(C(F)(F)F)c2)C1. The molecule has 21 heavy (non-hydrogen) atoms. The van der Waals surface area contributed by atoms with Gasteiger partial charge in [0, 0.05) is 18.1 Å². The smallest absolute Gasteiger partial charge is 0.416 e. The monoisotopic (exact) mass is 321 g/mol. The summed E-state index contributed by atoms with van der Waals surface area (Å²) >= 11 is 5.74. The van der Waals surface area contributed by atoms with E-state index < -0.39 is 23.1 Å². The molecule has 116 valence electrons. The molecule has 0 saturated carbocycles. The van der Waals surface area contributed by atoms with Crippen molar-refractivity contribution in [1.82, 2.24) is 4.90 Å². The highest BCUT2D eigenvalue weighted by atomic mass is 35.5. The van der Waals surface area contributed by atoms with Crippen LogP contribution in [-0.4, -0.2) is 29.1 Å². The van der Waals surface area contributed by atoms with Gasteiger partial charge in [-0.2, -0.15) is 13.2 Å². The van der Waals surface area contributed by atoms with Crippen LogP contribution < -0.4 is 0 Å². The third kappa shape index (κ3) is 3.68. The fourth-order valence-electron chi connectivity index (χ4n) is 2.53. The summed E-state index contributed by atoms with van der Waals surface area (Å²) < 4.78 is 38.2. The van der Waals surface area contributed by atoms with Crippen LogP contribution in [0.15, 0.2) is 18.2 Å². The Bertz CT molecular complexity index is 562. The Morgan fingerprint density at radius 2 is 2.10 bits per heavy atom. The molecule has 0 radical (unpaired) electrons. The zero-order valence-electron chi connectivity index (χ0n) is 11.4. The zero-order chi connectivity index (χ0) is 15.8. The number of hydrogen-bond donors (Lipinski definition) is 1. The Kier molecular flexibility index (Phi) is 4.22. The van der Waals surface area contributed by atoms with E-state index in [0.29, 0.717) is 25.1 Å². The highest BCUT2D eigenvalue weighted by Crippen LogP contribution is 2.34. The minimum absolute atomic E-state index is 0.0278. The van der Waals surface area contributed by atoms with Gasteiger partial charge in [0.2, 0.25) is 0 Å². The number of nitrogens with zero attached hydrogens (tertiary/aromatic N) is 1. The number of alkyl halides is 3. The van der Waals surface area contributed by atoms with E-state index in [2.05, 4.69) is 0 Å². The minimum atomic E-state index is -4.44. The second kappa shape index (κ2) is 5.50. The third-order valence-corrected chi connectivity index (χ3v) is 3.98. The van der Waals surface area contributed by atoms with E-state index in [-0.39, 0.29) is 11.6 Å². The first-order chi connectivity index (χ1) is 9.60. The summed E-state index contributed by atoms with van der Waals surface area (Å²) in [7, 11) is 0. The van der Waals surface area contributed by atoms with Gasteiger partial charge in [-0.05, 0) is 43.7 Å². The van der Waals surface area contributed by atoms with E-state index in [1.54, 1.807) is 6.92 Å². The number of hydrogen-bond acceptors (Lipinski definition) is 2. The molecule has 3 nitrogen and oxygen atoms in total. The summed E-state index contributed by atoms with van der Waals surface area (Å²) in [5, 5.41) is 9.18. The van der Waals surface area contributed by atoms with Crippen LogP contribution in [-0.2, 0) is 17.5 Å². The Morgan fingerprint density at radius 1 is 1.43 bits per heavy atom. The normalized spacial score (nSPS) is 23.5. The molecule has 1 fully saturated rings. The molecule has 0 aromatic heterocycles. The maximum Gasteiger partial charge on any atom is 0.416 e. The second-order valence-corrected chi connectivity index (χ2v) is 6.11. The molecule has 2 rings (SSSR count). The molecule has 1 saturated heterocycles. The van der Waals surface area contributed by atoms with E-state index in [9.17, 15) is 18.0 Å². The average Bonchev–Trinajstić information content (AvgIpc) is 2.70. The van der Waals surface area contributed by atoms with Gasteiger partial charge in [-0.25, -0.2) is 0 Å². The molecule has 1 unspecified atom stereocenters. The molecule has 1 aromatic rings. The molecule has 0 spiro atoms. The van der Waals surface area contributed by atoms with Crippen LogP contribution in [0, 0.1) is 5.41 Å². The quantitative estimate of drug-likeness (QED) is 0.923. The van der Waals surface area contributed by atoms with Crippen molar-refractivity contribution in [2.45, 2.75) is 26.1 Å². The average molecular weight is 322 g/mol. The van der Waals surface area contributed by atoms with Crippen LogP contribution in [0.1, 0.15) is 24.5 Å². The Hall–Kier alpha value is -1.27. The van der Waals surface area contributed by atoms with Crippen molar-refractivity contribution in [3.05, 3.63) is 34.3 Å². The molecular weight excluding hydrogens is 307 g/mol. The summed E-state index contributed by atoms with van der Waals surface area (Å²) in [4.78, 5) is 13.0. The molecule has 1 N–H and O–H groups in total. The van der Waals surface area contributed by atoms with Gasteiger partial charge < -0.3 is 5.11 Å². The maximum atomic E-state index is 12.7. The highest BCUT2D eigenvalue weighted by molar-refractivity contribution is 6.30. The van der Waals surface area contributed by atoms with Crippen molar-refractivity contribution in [2.75, 3.05) is 13.1 Å². The molecule has 1 aliphatic rings. The van der Waals surface area contributed by atoms with Gasteiger partial charge in [-0.3, -0.25) is 9.69 Å². The molecule has 0 aliphatic carbocycles. The molecule has 1 heterocycles. The van der Waals surface area contributed by atoms with Gasteiger partial charge in [-0.1, -0.05) is 11.6 Å². The van der Waals surface area contributed by atoms with Crippen LogP contribution in [0.5, 0.6) is 0 Å². The predicted molar refractivity (Wildman–Crippen MR) is 72.1 cm³/mol. The van der Waals surface area contributed by atoms with Gasteiger partial charge in [0.05, 0.1) is 11.0 Å². The minimum Gasteiger partial charge on any atom is -0.481 e. The van der Waals surface area contributed by atoms with Crippen molar-refractivity contribution < 1.29 is 23.1 Å². The van der Waals surface area contributed by atoms with Gasteiger partial charge in [0.15, 0.2) is 0 Å².